The lowest BCUT2D eigenvalue weighted by molar-refractivity contribution is -0.155. The Kier molecular flexibility index (Phi) is 5.01. The second-order valence-electron chi connectivity index (χ2n) is 9.99. The molecule has 0 spiro atoms. The number of aromatic hydroxyl groups is 1. The summed E-state index contributed by atoms with van der Waals surface area (Å²) in [6.07, 6.45) is -4.44. The first-order valence-corrected chi connectivity index (χ1v) is 11.7. The lowest BCUT2D eigenvalue weighted by Gasteiger charge is -2.46. The smallest absolute Gasteiger partial charge is 0.412 e. The van der Waals surface area contributed by atoms with E-state index in [9.17, 15) is 41.4 Å². The third-order valence-corrected chi connectivity index (χ3v) is 8.03. The minimum absolute atomic E-state index is 0.0468. The Morgan fingerprint density at radius 3 is 2.62 bits per heavy atom. The van der Waals surface area contributed by atoms with Crippen molar-refractivity contribution in [3.63, 3.8) is 0 Å². The number of hydrogen-bond donors (Lipinski definition) is 2. The van der Waals surface area contributed by atoms with Gasteiger partial charge in [-0.15, -0.1) is 0 Å². The lowest BCUT2D eigenvalue weighted by atomic mass is 10.00. The molecule has 6 rings (SSSR count). The fourth-order valence-corrected chi connectivity index (χ4v) is 6.36. The molecule has 7 unspecified atom stereocenters. The number of rotatable bonds is 3. The Bertz CT molecular complexity index is 1410. The van der Waals surface area contributed by atoms with Crippen LogP contribution in [0.25, 0.3) is 0 Å². The van der Waals surface area contributed by atoms with Crippen LogP contribution >= 0.6 is 0 Å². The average molecular weight is 525 g/mol. The largest absolute Gasteiger partial charge is 0.503 e. The molecule has 196 valence electrons. The number of pyridine rings is 1. The SMILES string of the molecule is CC1C2C3CC(C12)N1C(=O)c2c(O)c(=O)c(C(=O)NC(c4ccc(F)cc4F)C(F)(F)F)cn2CC1O3. The molecule has 37 heavy (non-hydrogen) atoms. The molecule has 2 aliphatic carbocycles. The Morgan fingerprint density at radius 2 is 1.95 bits per heavy atom. The Morgan fingerprint density at radius 1 is 1.22 bits per heavy atom. The number of nitrogens with zero attached hydrogens (tertiary/aromatic N) is 2. The number of halogens is 5. The molecular formula is C24H20F5N3O5. The molecule has 0 radical (unpaired) electrons. The Labute approximate surface area is 205 Å². The summed E-state index contributed by atoms with van der Waals surface area (Å²) in [5.41, 5.74) is -3.67. The number of aromatic nitrogens is 1. The van der Waals surface area contributed by atoms with Crippen LogP contribution in [-0.2, 0) is 11.3 Å². The van der Waals surface area contributed by atoms with Crippen LogP contribution < -0.4 is 10.7 Å². The highest BCUT2D eigenvalue weighted by molar-refractivity contribution is 5.99. The van der Waals surface area contributed by atoms with Crippen molar-refractivity contribution in [2.24, 2.45) is 17.8 Å². The third kappa shape index (κ3) is 3.46. The molecule has 2 aromatic rings. The van der Waals surface area contributed by atoms with Gasteiger partial charge in [0.15, 0.2) is 23.7 Å². The first-order valence-electron chi connectivity index (χ1n) is 11.7. The fraction of sp³-hybridized carbons (Fsp3) is 0.458. The summed E-state index contributed by atoms with van der Waals surface area (Å²) < 4.78 is 75.7. The highest BCUT2D eigenvalue weighted by Crippen LogP contribution is 2.62. The molecule has 7 atom stereocenters. The molecule has 4 aliphatic rings. The maximum absolute atomic E-state index is 14.1. The molecule has 1 aromatic heterocycles. The van der Waals surface area contributed by atoms with E-state index >= 15 is 0 Å². The van der Waals surface area contributed by atoms with Gasteiger partial charge in [0, 0.05) is 23.9 Å². The van der Waals surface area contributed by atoms with Crippen LogP contribution in [0.4, 0.5) is 22.0 Å². The second kappa shape index (κ2) is 7.76. The molecule has 1 saturated heterocycles. The molecule has 13 heteroatoms. The van der Waals surface area contributed by atoms with Gasteiger partial charge in [0.05, 0.1) is 12.6 Å². The quantitative estimate of drug-likeness (QED) is 0.601. The average Bonchev–Trinajstić information content (AvgIpc) is 3.38. The summed E-state index contributed by atoms with van der Waals surface area (Å²) >= 11 is 0. The van der Waals surface area contributed by atoms with E-state index in [0.717, 1.165) is 10.8 Å². The van der Waals surface area contributed by atoms with Crippen LogP contribution in [0.15, 0.2) is 29.2 Å². The zero-order valence-corrected chi connectivity index (χ0v) is 19.1. The summed E-state index contributed by atoms with van der Waals surface area (Å²) in [5, 5.41) is 12.1. The monoisotopic (exact) mass is 525 g/mol. The zero-order chi connectivity index (χ0) is 26.5. The van der Waals surface area contributed by atoms with Crippen molar-refractivity contribution in [3.05, 3.63) is 63.1 Å². The number of nitrogens with one attached hydrogen (secondary N) is 1. The number of alkyl halides is 3. The van der Waals surface area contributed by atoms with E-state index in [0.29, 0.717) is 30.4 Å². The van der Waals surface area contributed by atoms with Gasteiger partial charge in [-0.1, -0.05) is 13.0 Å². The standard InChI is InChI=1S/C24H20F5N3O5/c1-8-16-13-5-14(17(8)16)37-15-7-31-6-11(19(33)20(34)18(31)23(36)32(13)15)22(35)30-21(24(27,28)29)10-3-2-9(25)4-12(10)26/h2-4,6,8,13-17,21,34H,5,7H2,1H3,(H,30,35). The second-order valence-corrected chi connectivity index (χ2v) is 9.99. The van der Waals surface area contributed by atoms with Crippen molar-refractivity contribution < 1.29 is 41.4 Å². The highest BCUT2D eigenvalue weighted by atomic mass is 19.4. The molecule has 2 bridgehead atoms. The molecule has 3 heterocycles. The molecule has 2 amide bonds. The molecule has 1 aromatic carbocycles. The number of benzene rings is 1. The van der Waals surface area contributed by atoms with E-state index in [1.807, 2.05) is 0 Å². The van der Waals surface area contributed by atoms with E-state index in [2.05, 4.69) is 6.92 Å². The number of hydrogen-bond acceptors (Lipinski definition) is 5. The van der Waals surface area contributed by atoms with Crippen LogP contribution in [0.2, 0.25) is 0 Å². The summed E-state index contributed by atoms with van der Waals surface area (Å²) in [6.45, 7) is 2.02. The van der Waals surface area contributed by atoms with Crippen LogP contribution in [0, 0.1) is 29.4 Å². The van der Waals surface area contributed by atoms with E-state index < -0.39 is 64.2 Å². The topological polar surface area (TPSA) is 101 Å². The van der Waals surface area contributed by atoms with E-state index in [1.165, 1.54) is 4.90 Å². The molecule has 2 saturated carbocycles. The molecular weight excluding hydrogens is 505 g/mol. The van der Waals surface area contributed by atoms with Crippen molar-refractivity contribution in [1.82, 2.24) is 14.8 Å². The van der Waals surface area contributed by atoms with Gasteiger partial charge in [0.2, 0.25) is 5.43 Å². The van der Waals surface area contributed by atoms with Gasteiger partial charge in [0.1, 0.15) is 17.2 Å². The third-order valence-electron chi connectivity index (χ3n) is 8.03. The van der Waals surface area contributed by atoms with E-state index in [-0.39, 0.29) is 36.4 Å². The fourth-order valence-electron chi connectivity index (χ4n) is 6.36. The molecule has 2 aliphatic heterocycles. The number of ether oxygens (including phenoxy) is 1. The molecule has 3 fully saturated rings. The van der Waals surface area contributed by atoms with Gasteiger partial charge in [-0.3, -0.25) is 14.4 Å². The first kappa shape index (κ1) is 23.9. The van der Waals surface area contributed by atoms with Gasteiger partial charge < -0.3 is 24.6 Å². The molecule has 2 N–H and O–H groups in total. The highest BCUT2D eigenvalue weighted by Gasteiger charge is 2.67. The summed E-state index contributed by atoms with van der Waals surface area (Å²) in [7, 11) is 0. The van der Waals surface area contributed by atoms with Crippen molar-refractivity contribution in [1.29, 1.82) is 0 Å². The maximum Gasteiger partial charge on any atom is 0.412 e. The number of carbonyl (C=O) groups excluding carboxylic acids is 2. The minimum atomic E-state index is -5.20. The summed E-state index contributed by atoms with van der Waals surface area (Å²) in [4.78, 5) is 40.5. The van der Waals surface area contributed by atoms with Gasteiger partial charge >= 0.3 is 6.18 Å². The number of fused-ring (bicyclic) bond motifs is 8. The molecule has 8 nitrogen and oxygen atoms in total. The Hall–Kier alpha value is -3.48. The minimum Gasteiger partial charge on any atom is -0.503 e. The van der Waals surface area contributed by atoms with Crippen molar-refractivity contribution in [3.8, 4) is 5.75 Å². The van der Waals surface area contributed by atoms with Gasteiger partial charge in [-0.05, 0) is 30.2 Å². The predicted molar refractivity (Wildman–Crippen MR) is 114 cm³/mol. The van der Waals surface area contributed by atoms with Crippen LogP contribution in [0.1, 0.15) is 45.8 Å². The first-order chi connectivity index (χ1) is 17.4. The number of carbonyl (C=O) groups is 2. The van der Waals surface area contributed by atoms with Gasteiger partial charge in [-0.2, -0.15) is 13.2 Å². The normalized spacial score (nSPS) is 30.3. The van der Waals surface area contributed by atoms with Gasteiger partial charge in [0.25, 0.3) is 11.8 Å². The van der Waals surface area contributed by atoms with Gasteiger partial charge in [-0.25, -0.2) is 8.78 Å². The predicted octanol–water partition coefficient (Wildman–Crippen LogP) is 2.70. The van der Waals surface area contributed by atoms with Crippen LogP contribution in [-0.4, -0.2) is 50.9 Å². The Balaban J connectivity index is 1.34. The maximum atomic E-state index is 14.1. The van der Waals surface area contributed by atoms with Crippen LogP contribution in [0.3, 0.4) is 0 Å². The lowest BCUT2D eigenvalue weighted by Crippen LogP contribution is -2.58. The summed E-state index contributed by atoms with van der Waals surface area (Å²) in [5.74, 6) is -5.01. The van der Waals surface area contributed by atoms with Crippen molar-refractivity contribution in [2.45, 2.75) is 50.5 Å². The zero-order valence-electron chi connectivity index (χ0n) is 19.1. The van der Waals surface area contributed by atoms with Crippen molar-refractivity contribution >= 4 is 11.8 Å². The van der Waals surface area contributed by atoms with Crippen molar-refractivity contribution in [2.75, 3.05) is 0 Å². The number of amides is 2. The van der Waals surface area contributed by atoms with E-state index in [1.54, 1.807) is 5.32 Å². The van der Waals surface area contributed by atoms with Crippen LogP contribution in [0.5, 0.6) is 5.75 Å². The summed E-state index contributed by atoms with van der Waals surface area (Å²) in [6, 6.07) is -1.65. The van der Waals surface area contributed by atoms with E-state index in [4.69, 9.17) is 4.74 Å².